The van der Waals surface area contributed by atoms with E-state index in [-0.39, 0.29) is 24.4 Å². The largest absolute Gasteiger partial charge is 0.377 e. The molecule has 0 aromatic rings. The molecular formula is C24H40O6. The van der Waals surface area contributed by atoms with E-state index in [0.29, 0.717) is 64.7 Å². The maximum Gasteiger partial charge on any atom is 0.0843 e. The zero-order valence-corrected chi connectivity index (χ0v) is 18.4. The normalized spacial score (nSPS) is 38.3. The van der Waals surface area contributed by atoms with Gasteiger partial charge in [0.2, 0.25) is 0 Å². The summed E-state index contributed by atoms with van der Waals surface area (Å²) in [6.45, 7) is 12.5. The first-order valence-electron chi connectivity index (χ1n) is 11.7. The van der Waals surface area contributed by atoms with Gasteiger partial charge in [0.05, 0.1) is 77.3 Å². The van der Waals surface area contributed by atoms with Crippen LogP contribution < -0.4 is 0 Å². The molecule has 0 spiro atoms. The lowest BCUT2D eigenvalue weighted by Crippen LogP contribution is -2.40. The number of rotatable bonds is 2. The Bertz CT molecular complexity index is 456. The highest BCUT2D eigenvalue weighted by atomic mass is 16.6. The highest BCUT2D eigenvalue weighted by molar-refractivity contribution is 4.91. The molecule has 0 radical (unpaired) electrons. The quantitative estimate of drug-likeness (QED) is 0.632. The van der Waals surface area contributed by atoms with Crippen LogP contribution in [0.2, 0.25) is 0 Å². The molecule has 0 aromatic heterocycles. The van der Waals surface area contributed by atoms with Crippen LogP contribution in [0.4, 0.5) is 0 Å². The molecule has 6 unspecified atom stereocenters. The van der Waals surface area contributed by atoms with Crippen LogP contribution >= 0.6 is 0 Å². The van der Waals surface area contributed by atoms with E-state index in [9.17, 15) is 0 Å². The minimum Gasteiger partial charge on any atom is -0.377 e. The van der Waals surface area contributed by atoms with Crippen molar-refractivity contribution in [1.82, 2.24) is 0 Å². The Morgan fingerprint density at radius 1 is 0.467 bits per heavy atom. The third-order valence-corrected chi connectivity index (χ3v) is 6.45. The van der Waals surface area contributed by atoms with Gasteiger partial charge < -0.3 is 28.4 Å². The molecule has 3 fully saturated rings. The zero-order chi connectivity index (χ0) is 21.0. The summed E-state index contributed by atoms with van der Waals surface area (Å²) in [5, 5.41) is 0. The van der Waals surface area contributed by atoms with Gasteiger partial charge in [-0.05, 0) is 50.4 Å². The van der Waals surface area contributed by atoms with Crippen molar-refractivity contribution in [2.24, 2.45) is 11.8 Å². The average Bonchev–Trinajstić information content (AvgIpc) is 2.78. The van der Waals surface area contributed by atoms with Gasteiger partial charge in [0, 0.05) is 0 Å². The van der Waals surface area contributed by atoms with Gasteiger partial charge in [-0.25, -0.2) is 0 Å². The van der Waals surface area contributed by atoms with Crippen LogP contribution in [0.5, 0.6) is 0 Å². The second-order valence-corrected chi connectivity index (χ2v) is 8.48. The SMILES string of the molecule is C=CC1CCC2OCCOCCOC3CCC(C=C)CC3OCCOCCOC2C1. The monoisotopic (exact) mass is 424 g/mol. The maximum atomic E-state index is 6.13. The van der Waals surface area contributed by atoms with Crippen molar-refractivity contribution < 1.29 is 28.4 Å². The average molecular weight is 425 g/mol. The number of hydrogen-bond acceptors (Lipinski definition) is 6. The molecule has 2 aliphatic carbocycles. The highest BCUT2D eigenvalue weighted by Crippen LogP contribution is 2.30. The first-order chi connectivity index (χ1) is 14.8. The molecule has 6 atom stereocenters. The molecule has 3 rings (SSSR count). The van der Waals surface area contributed by atoms with Crippen molar-refractivity contribution in [2.45, 2.75) is 62.9 Å². The van der Waals surface area contributed by atoms with Gasteiger partial charge in [-0.2, -0.15) is 0 Å². The number of allylic oxidation sites excluding steroid dienone is 2. The lowest BCUT2D eigenvalue weighted by Gasteiger charge is -2.35. The molecule has 6 nitrogen and oxygen atoms in total. The molecule has 30 heavy (non-hydrogen) atoms. The second-order valence-electron chi connectivity index (χ2n) is 8.48. The van der Waals surface area contributed by atoms with Crippen LogP contribution in [0.15, 0.2) is 25.3 Å². The minimum atomic E-state index is 0.0858. The molecular weight excluding hydrogens is 384 g/mol. The molecule has 6 heteroatoms. The topological polar surface area (TPSA) is 55.4 Å². The van der Waals surface area contributed by atoms with E-state index in [1.54, 1.807) is 0 Å². The first-order valence-corrected chi connectivity index (χ1v) is 11.7. The fourth-order valence-electron chi connectivity index (χ4n) is 4.66. The lowest BCUT2D eigenvalue weighted by atomic mass is 9.85. The summed E-state index contributed by atoms with van der Waals surface area (Å²) in [7, 11) is 0. The summed E-state index contributed by atoms with van der Waals surface area (Å²) in [6, 6.07) is 0. The summed E-state index contributed by atoms with van der Waals surface area (Å²) in [6.07, 6.45) is 10.6. The minimum absolute atomic E-state index is 0.0858. The van der Waals surface area contributed by atoms with Crippen molar-refractivity contribution in [1.29, 1.82) is 0 Å². The van der Waals surface area contributed by atoms with Gasteiger partial charge in [0.25, 0.3) is 0 Å². The predicted molar refractivity (Wildman–Crippen MR) is 116 cm³/mol. The Hall–Kier alpha value is -0.760. The van der Waals surface area contributed by atoms with Crippen molar-refractivity contribution >= 4 is 0 Å². The van der Waals surface area contributed by atoms with E-state index in [0.717, 1.165) is 38.5 Å². The number of hydrogen-bond donors (Lipinski definition) is 0. The molecule has 172 valence electrons. The van der Waals surface area contributed by atoms with Crippen LogP contribution in [0.1, 0.15) is 38.5 Å². The Kier molecular flexibility index (Phi) is 10.8. The zero-order valence-electron chi connectivity index (χ0n) is 18.4. The van der Waals surface area contributed by atoms with Crippen LogP contribution in [-0.2, 0) is 28.4 Å². The fourth-order valence-corrected chi connectivity index (χ4v) is 4.66. The molecule has 3 aliphatic rings. The Balaban J connectivity index is 1.48. The molecule has 1 saturated heterocycles. The van der Waals surface area contributed by atoms with E-state index >= 15 is 0 Å². The summed E-state index contributed by atoms with van der Waals surface area (Å²) >= 11 is 0. The standard InChI is InChI=1S/C24H40O6/c1-3-19-5-7-21-23(17-19)29-15-11-26-12-16-30-24-18-20(4-2)6-8-22(24)28-14-10-25-9-13-27-21/h3-4,19-24H,1-2,5-18H2. The van der Waals surface area contributed by atoms with E-state index < -0.39 is 0 Å². The van der Waals surface area contributed by atoms with Gasteiger partial charge >= 0.3 is 0 Å². The van der Waals surface area contributed by atoms with E-state index in [1.165, 1.54) is 0 Å². The highest BCUT2D eigenvalue weighted by Gasteiger charge is 2.32. The number of fused-ring (bicyclic) bond motifs is 2. The van der Waals surface area contributed by atoms with E-state index in [4.69, 9.17) is 28.4 Å². The van der Waals surface area contributed by atoms with Crippen molar-refractivity contribution in [3.63, 3.8) is 0 Å². The summed E-state index contributed by atoms with van der Waals surface area (Å²) in [4.78, 5) is 0. The van der Waals surface area contributed by atoms with Crippen molar-refractivity contribution in [3.05, 3.63) is 25.3 Å². The molecule has 0 aromatic carbocycles. The van der Waals surface area contributed by atoms with Crippen LogP contribution in [0.25, 0.3) is 0 Å². The molecule has 0 amide bonds. The van der Waals surface area contributed by atoms with Gasteiger partial charge in [0.1, 0.15) is 0 Å². The Morgan fingerprint density at radius 3 is 1.20 bits per heavy atom. The maximum absolute atomic E-state index is 6.13. The van der Waals surface area contributed by atoms with E-state index in [2.05, 4.69) is 13.2 Å². The lowest BCUT2D eigenvalue weighted by molar-refractivity contribution is -0.133. The van der Waals surface area contributed by atoms with Crippen LogP contribution in [0.3, 0.4) is 0 Å². The Labute approximate surface area is 181 Å². The first kappa shape index (κ1) is 23.9. The summed E-state index contributed by atoms with van der Waals surface area (Å²) < 4.78 is 35.9. The molecule has 0 bridgehead atoms. The van der Waals surface area contributed by atoms with Gasteiger partial charge in [0.15, 0.2) is 0 Å². The van der Waals surface area contributed by atoms with Crippen LogP contribution in [-0.4, -0.2) is 77.3 Å². The van der Waals surface area contributed by atoms with Crippen LogP contribution in [0, 0.1) is 11.8 Å². The van der Waals surface area contributed by atoms with Crippen molar-refractivity contribution in [2.75, 3.05) is 52.9 Å². The fraction of sp³-hybridized carbons (Fsp3) is 0.833. The van der Waals surface area contributed by atoms with E-state index in [1.807, 2.05) is 12.2 Å². The van der Waals surface area contributed by atoms with Gasteiger partial charge in [-0.15, -0.1) is 13.2 Å². The van der Waals surface area contributed by atoms with Crippen molar-refractivity contribution in [3.8, 4) is 0 Å². The third kappa shape index (κ3) is 7.74. The summed E-state index contributed by atoms with van der Waals surface area (Å²) in [5.74, 6) is 0.997. The number of ether oxygens (including phenoxy) is 6. The molecule has 1 aliphatic heterocycles. The smallest absolute Gasteiger partial charge is 0.0843 e. The van der Waals surface area contributed by atoms with Gasteiger partial charge in [-0.1, -0.05) is 12.2 Å². The third-order valence-electron chi connectivity index (χ3n) is 6.45. The van der Waals surface area contributed by atoms with Gasteiger partial charge in [-0.3, -0.25) is 0 Å². The molecule has 2 saturated carbocycles. The second kappa shape index (κ2) is 13.6. The summed E-state index contributed by atoms with van der Waals surface area (Å²) in [5.41, 5.74) is 0. The predicted octanol–water partition coefficient (Wildman–Crippen LogP) is 3.55. The Morgan fingerprint density at radius 2 is 0.833 bits per heavy atom. The molecule has 1 heterocycles. The molecule has 0 N–H and O–H groups in total.